The molecule has 0 aromatic rings. The zero-order chi connectivity index (χ0) is 98.8. The lowest BCUT2D eigenvalue weighted by atomic mass is 9.98. The van der Waals surface area contributed by atoms with Crippen LogP contribution in [0.3, 0.4) is 0 Å². The molecule has 2 heterocycles. The molecule has 0 radical (unpaired) electrons. The van der Waals surface area contributed by atoms with Crippen molar-refractivity contribution in [1.29, 1.82) is 0 Å². The molecule has 2 rings (SSSR count). The molecule has 2 aliphatic rings. The predicted molar refractivity (Wildman–Crippen MR) is 477 cm³/mol. The summed E-state index contributed by atoms with van der Waals surface area (Å²) in [5.74, 6) is -18.1. The molecule has 19 atom stereocenters. The van der Waals surface area contributed by atoms with E-state index in [4.69, 9.17) is 5.11 Å². The van der Waals surface area contributed by atoms with E-state index in [1.54, 1.807) is 96.9 Å². The Morgan fingerprint density at radius 1 is 0.279 bits per heavy atom. The van der Waals surface area contributed by atoms with E-state index in [9.17, 15) is 101 Å². The number of hydrogen-bond donors (Lipinski definition) is 18. The number of carbonyl (C=O) groups excluding carboxylic acids is 20. The zero-order valence-electron chi connectivity index (χ0n) is 80.4. The second-order valence-corrected chi connectivity index (χ2v) is 37.9. The summed E-state index contributed by atoms with van der Waals surface area (Å²) in [6, 6.07) is -23.3. The van der Waals surface area contributed by atoms with Gasteiger partial charge in [-0.3, -0.25) is 95.9 Å². The van der Waals surface area contributed by atoms with Crippen molar-refractivity contribution in [2.24, 2.45) is 53.3 Å². The number of rotatable bonds is 53. The number of amides is 19. The normalized spacial score (nSPS) is 17.9. The number of nitrogens with zero attached hydrogens (tertiary/aromatic N) is 2. The molecule has 41 heteroatoms. The van der Waals surface area contributed by atoms with Crippen molar-refractivity contribution in [3.63, 3.8) is 0 Å². The van der Waals surface area contributed by atoms with Gasteiger partial charge in [-0.15, -0.1) is 0 Å². The molecule has 0 bridgehead atoms. The van der Waals surface area contributed by atoms with Gasteiger partial charge in [-0.05, 0) is 166 Å². The third-order valence-electron chi connectivity index (χ3n) is 21.6. The van der Waals surface area contributed by atoms with Crippen molar-refractivity contribution >= 4 is 124 Å². The number of hydrogen-bond acceptors (Lipinski definition) is 21. The molecule has 2 saturated heterocycles. The first kappa shape index (κ1) is 114. The molecule has 2 fully saturated rings. The van der Waals surface area contributed by atoms with Crippen molar-refractivity contribution in [3.8, 4) is 0 Å². The van der Waals surface area contributed by atoms with Crippen LogP contribution in [0.15, 0.2) is 0 Å². The molecular weight excluding hydrogens is 1680 g/mol. The smallest absolute Gasteiger partial charge is 0.305 e. The van der Waals surface area contributed by atoms with Crippen LogP contribution in [0, 0.1) is 53.3 Å². The van der Waals surface area contributed by atoms with Gasteiger partial charge in [0.05, 0.1) is 12.5 Å². The van der Waals surface area contributed by atoms with Crippen LogP contribution < -0.4 is 90.4 Å². The lowest BCUT2D eigenvalue weighted by molar-refractivity contribution is -0.143. The van der Waals surface area contributed by atoms with E-state index in [1.165, 1.54) is 65.2 Å². The molecule has 730 valence electrons. The summed E-state index contributed by atoms with van der Waals surface area (Å²) < 4.78 is 0. The lowest BCUT2D eigenvalue weighted by Gasteiger charge is -2.32. The molecular formula is C88H151N19O22. The van der Waals surface area contributed by atoms with E-state index in [0.29, 0.717) is 12.8 Å². The van der Waals surface area contributed by atoms with E-state index in [0.717, 1.165) is 0 Å². The topological polar surface area (TPSA) is 590 Å². The number of aldehydes is 1. The van der Waals surface area contributed by atoms with Gasteiger partial charge in [0.1, 0.15) is 115 Å². The Labute approximate surface area is 759 Å². The Balaban J connectivity index is 2.25. The molecule has 0 aliphatic carbocycles. The van der Waals surface area contributed by atoms with Crippen LogP contribution in [0.5, 0.6) is 0 Å². The molecule has 19 unspecified atom stereocenters. The summed E-state index contributed by atoms with van der Waals surface area (Å²) in [5, 5.41) is 53.7. The summed E-state index contributed by atoms with van der Waals surface area (Å²) in [5.41, 5.74) is 0. The van der Waals surface area contributed by atoms with Crippen LogP contribution in [0.25, 0.3) is 0 Å². The maximum atomic E-state index is 14.7. The highest BCUT2D eigenvalue weighted by Crippen LogP contribution is 2.24. The maximum absolute atomic E-state index is 14.7. The first-order valence-electron chi connectivity index (χ1n) is 45.2. The summed E-state index contributed by atoms with van der Waals surface area (Å²) in [4.78, 5) is 288. The fourth-order valence-corrected chi connectivity index (χ4v) is 14.6. The first-order valence-corrected chi connectivity index (χ1v) is 45.2. The third kappa shape index (κ3) is 39.1. The van der Waals surface area contributed by atoms with Crippen LogP contribution in [0.1, 0.15) is 251 Å². The number of carbonyl (C=O) groups is 21. The quantitative estimate of drug-likeness (QED) is 0.0334. The van der Waals surface area contributed by atoms with Gasteiger partial charge in [0.2, 0.25) is 112 Å². The SMILES string of the molecule is CC(=O)NC(C)C(=O)NC(C)C(=O)NC(C(=O)NC(C)C(=O)NC(CC(C)C)C(=O)NC(CC(C)C)C(=O)N1CCCC1C(=O)NC(C)C(=O)NC(C(=O)NC(CC(C)C)C(=O)NC(CC(C)C)C(=O)NC(C)C(=O)NC(CC(C)C)C(=O)NC(CC(C)C)C(=O)NC(C)C(=O)N1CCCC1C(=O)NC(C(=O)NC(C)C(=O)NC(C=O)CC(=O)O)C(C)C)C(C)C)C(C)C. The van der Waals surface area contributed by atoms with Crippen LogP contribution in [0.2, 0.25) is 0 Å². The van der Waals surface area contributed by atoms with E-state index in [2.05, 4.69) is 90.4 Å². The number of carboxylic acids is 1. The van der Waals surface area contributed by atoms with E-state index in [1.807, 2.05) is 27.7 Å². The van der Waals surface area contributed by atoms with Gasteiger partial charge < -0.3 is 110 Å². The fourth-order valence-electron chi connectivity index (χ4n) is 14.6. The van der Waals surface area contributed by atoms with Crippen LogP contribution >= 0.6 is 0 Å². The van der Waals surface area contributed by atoms with Gasteiger partial charge >= 0.3 is 5.97 Å². The van der Waals surface area contributed by atoms with E-state index in [-0.39, 0.29) is 106 Å². The molecule has 129 heavy (non-hydrogen) atoms. The van der Waals surface area contributed by atoms with Crippen LogP contribution in [-0.2, 0) is 101 Å². The van der Waals surface area contributed by atoms with Gasteiger partial charge in [-0.25, -0.2) is 0 Å². The highest BCUT2D eigenvalue weighted by Gasteiger charge is 2.44. The Hall–Kier alpha value is -10.9. The van der Waals surface area contributed by atoms with Gasteiger partial charge in [0.15, 0.2) is 0 Å². The molecule has 0 saturated carbocycles. The third-order valence-corrected chi connectivity index (χ3v) is 21.6. The maximum Gasteiger partial charge on any atom is 0.305 e. The van der Waals surface area contributed by atoms with Gasteiger partial charge in [-0.2, -0.15) is 0 Å². The highest BCUT2D eigenvalue weighted by molar-refractivity contribution is 6.02. The lowest BCUT2D eigenvalue weighted by Crippen LogP contribution is -2.61. The average molecular weight is 1830 g/mol. The van der Waals surface area contributed by atoms with Crippen molar-refractivity contribution in [2.75, 3.05) is 13.1 Å². The van der Waals surface area contributed by atoms with Crippen molar-refractivity contribution in [2.45, 2.75) is 365 Å². The predicted octanol–water partition coefficient (Wildman–Crippen LogP) is -0.713. The molecule has 19 amide bonds. The summed E-state index contributed by atoms with van der Waals surface area (Å²) >= 11 is 0. The number of nitrogens with one attached hydrogen (secondary N) is 17. The monoisotopic (exact) mass is 1830 g/mol. The van der Waals surface area contributed by atoms with Crippen molar-refractivity contribution < 1.29 is 106 Å². The van der Waals surface area contributed by atoms with E-state index < -0.39 is 257 Å². The Morgan fingerprint density at radius 3 is 0.853 bits per heavy atom. The van der Waals surface area contributed by atoms with Gasteiger partial charge in [0, 0.05) is 20.0 Å². The second kappa shape index (κ2) is 54.5. The minimum absolute atomic E-state index is 0.0462. The van der Waals surface area contributed by atoms with Crippen LogP contribution in [0.4, 0.5) is 0 Å². The summed E-state index contributed by atoms with van der Waals surface area (Å²) in [7, 11) is 0. The molecule has 41 nitrogen and oxygen atoms in total. The highest BCUT2D eigenvalue weighted by atomic mass is 16.4. The van der Waals surface area contributed by atoms with Crippen molar-refractivity contribution in [3.05, 3.63) is 0 Å². The van der Waals surface area contributed by atoms with Crippen molar-refractivity contribution in [1.82, 2.24) is 100 Å². The first-order chi connectivity index (χ1) is 59.8. The minimum Gasteiger partial charge on any atom is -0.481 e. The van der Waals surface area contributed by atoms with E-state index >= 15 is 0 Å². The summed E-state index contributed by atoms with van der Waals surface area (Å²) in [6.45, 7) is 42.6. The largest absolute Gasteiger partial charge is 0.481 e. The average Bonchev–Trinajstić information content (AvgIpc) is 1.69. The molecule has 2 aliphatic heterocycles. The van der Waals surface area contributed by atoms with Gasteiger partial charge in [0.25, 0.3) is 0 Å². The number of aliphatic carboxylic acids is 1. The standard InChI is InChI=1S/C88H151N19O22/c1-41(2)33-59(77(118)91-52(21)73(114)97-61(35-43(5)6)79(120)100-60(34-42(3)4)78(119)95-56(25)87(128)106-31-27-30-66(106)83(124)105-69(48(15)16)85(126)93-51(20)72(113)96-58(40-108)39-67(110)111)99-80(121)63(37-45(9)10)101-86(127)70(49(17)18)104-76(117)55(24)92-82(123)65-29-28-32-107(65)88(129)64(38-46(11)12)102-81(122)62(36-44(7)8)98-74(115)53(22)94-84(125)68(47(13)14)103-75(116)54(23)90-71(112)50(19)89-57(26)109/h40-56,58-66,68-70H,27-39H2,1-26H3,(H,89,109)(H,90,112)(H,91,118)(H,92,123)(H,93,126)(H,94,125)(H,95,119)(H,96,113)(H,97,114)(H,98,115)(H,99,121)(H,100,120)(H,101,127)(H,102,122)(H,103,116)(H,104,117)(H,105,124)(H,110,111). The van der Waals surface area contributed by atoms with Gasteiger partial charge in [-0.1, -0.05) is 125 Å². The molecule has 18 N–H and O–H groups in total. The number of likely N-dealkylation sites (tertiary alicyclic amines) is 2. The number of carboxylic acid groups (broad SMARTS) is 1. The summed E-state index contributed by atoms with van der Waals surface area (Å²) in [6.07, 6.45) is 1.10. The Bertz CT molecular complexity index is 3910. The zero-order valence-corrected chi connectivity index (χ0v) is 80.4. The Morgan fingerprint density at radius 2 is 0.519 bits per heavy atom. The molecule has 0 aromatic carbocycles. The molecule has 0 spiro atoms. The second-order valence-electron chi connectivity index (χ2n) is 37.9. The Kier molecular flexibility index (Phi) is 48.2. The fraction of sp³-hybridized carbons (Fsp3) is 0.761. The van der Waals surface area contributed by atoms with Crippen LogP contribution in [-0.4, -0.2) is 267 Å². The molecule has 0 aromatic heterocycles. The minimum atomic E-state index is -1.36.